The predicted octanol–water partition coefficient (Wildman–Crippen LogP) is 1.55. The largest absolute Gasteiger partial charge is 0.446 e. The van der Waals surface area contributed by atoms with Gasteiger partial charge in [0.1, 0.15) is 12.3 Å². The molecule has 2 amide bonds. The molecule has 2 unspecified atom stereocenters. The number of aromatic nitrogens is 1. The number of hydrogen-bond acceptors (Lipinski definition) is 5. The lowest BCUT2D eigenvalue weighted by Crippen LogP contribution is -2.46. The zero-order chi connectivity index (χ0) is 18.4. The van der Waals surface area contributed by atoms with Gasteiger partial charge in [-0.2, -0.15) is 0 Å². The smallest absolute Gasteiger partial charge is 0.273 e. The van der Waals surface area contributed by atoms with Crippen LogP contribution in [-0.4, -0.2) is 22.8 Å². The highest BCUT2D eigenvalue weighted by Crippen LogP contribution is 2.18. The van der Waals surface area contributed by atoms with Gasteiger partial charge in [-0.25, -0.2) is 4.98 Å². The molecule has 0 aliphatic rings. The lowest BCUT2D eigenvalue weighted by molar-refractivity contribution is -0.119. The van der Waals surface area contributed by atoms with E-state index >= 15 is 0 Å². The van der Waals surface area contributed by atoms with E-state index in [9.17, 15) is 9.59 Å². The molecule has 0 fully saturated rings. The number of rotatable bonds is 8. The standard InChI is InChI=1S/C18H24N4O3/c1-11(2)8-13(19)18-22-15(10-25-18)17(24)21-14(16(20)23)9-12-6-4-3-5-7-12/h3-7,10-11,13-14H,8-9,19H2,1-2H3,(H2,20,23)(H,21,24). The molecular formula is C18H24N4O3. The van der Waals surface area contributed by atoms with Gasteiger partial charge in [0.2, 0.25) is 11.8 Å². The third-order valence-electron chi connectivity index (χ3n) is 3.73. The maximum atomic E-state index is 12.3. The van der Waals surface area contributed by atoms with Crippen LogP contribution >= 0.6 is 0 Å². The molecule has 1 aromatic carbocycles. The Morgan fingerprint density at radius 2 is 1.92 bits per heavy atom. The molecule has 0 spiro atoms. The van der Waals surface area contributed by atoms with Crippen molar-refractivity contribution in [3.63, 3.8) is 0 Å². The van der Waals surface area contributed by atoms with E-state index in [-0.39, 0.29) is 11.7 Å². The van der Waals surface area contributed by atoms with Crippen molar-refractivity contribution in [2.45, 2.75) is 38.8 Å². The van der Waals surface area contributed by atoms with Crippen LogP contribution in [0.25, 0.3) is 0 Å². The first kappa shape index (κ1) is 18.7. The fourth-order valence-corrected chi connectivity index (χ4v) is 2.48. The SMILES string of the molecule is CC(C)CC(N)c1nc(C(=O)NC(Cc2ccccc2)C(N)=O)co1. The highest BCUT2D eigenvalue weighted by Gasteiger charge is 2.23. The average molecular weight is 344 g/mol. The van der Waals surface area contributed by atoms with Crippen LogP contribution < -0.4 is 16.8 Å². The first-order chi connectivity index (χ1) is 11.9. The van der Waals surface area contributed by atoms with Crippen molar-refractivity contribution in [2.24, 2.45) is 17.4 Å². The number of nitrogens with one attached hydrogen (secondary N) is 1. The number of oxazole rings is 1. The van der Waals surface area contributed by atoms with Gasteiger partial charge in [-0.05, 0) is 17.9 Å². The molecule has 2 rings (SSSR count). The number of carbonyl (C=O) groups is 2. The molecule has 5 N–H and O–H groups in total. The van der Waals surface area contributed by atoms with Gasteiger partial charge >= 0.3 is 0 Å². The van der Waals surface area contributed by atoms with Gasteiger partial charge in [-0.3, -0.25) is 9.59 Å². The van der Waals surface area contributed by atoms with Gasteiger partial charge in [0.15, 0.2) is 5.69 Å². The minimum Gasteiger partial charge on any atom is -0.446 e. The Balaban J connectivity index is 2.03. The molecule has 7 heteroatoms. The molecule has 2 aromatic rings. The molecule has 2 atom stereocenters. The van der Waals surface area contributed by atoms with E-state index in [1.807, 2.05) is 44.2 Å². The van der Waals surface area contributed by atoms with Gasteiger partial charge in [-0.1, -0.05) is 44.2 Å². The zero-order valence-corrected chi connectivity index (χ0v) is 14.4. The lowest BCUT2D eigenvalue weighted by Gasteiger charge is -2.14. The molecule has 25 heavy (non-hydrogen) atoms. The van der Waals surface area contributed by atoms with E-state index in [2.05, 4.69) is 10.3 Å². The summed E-state index contributed by atoms with van der Waals surface area (Å²) in [6.45, 7) is 4.08. The summed E-state index contributed by atoms with van der Waals surface area (Å²) in [6.07, 6.45) is 2.24. The average Bonchev–Trinajstić information content (AvgIpc) is 3.04. The Morgan fingerprint density at radius 3 is 2.52 bits per heavy atom. The predicted molar refractivity (Wildman–Crippen MR) is 93.5 cm³/mol. The number of nitrogens with zero attached hydrogens (tertiary/aromatic N) is 1. The van der Waals surface area contributed by atoms with Crippen LogP contribution in [0.3, 0.4) is 0 Å². The maximum absolute atomic E-state index is 12.3. The zero-order valence-electron chi connectivity index (χ0n) is 14.4. The number of hydrogen-bond donors (Lipinski definition) is 3. The maximum Gasteiger partial charge on any atom is 0.273 e. The van der Waals surface area contributed by atoms with Crippen molar-refractivity contribution in [3.8, 4) is 0 Å². The van der Waals surface area contributed by atoms with Crippen molar-refractivity contribution in [3.05, 3.63) is 53.7 Å². The monoisotopic (exact) mass is 344 g/mol. The molecule has 134 valence electrons. The number of primary amides is 1. The summed E-state index contributed by atoms with van der Waals surface area (Å²) in [4.78, 5) is 28.1. The topological polar surface area (TPSA) is 124 Å². The Hall–Kier alpha value is -2.67. The fraction of sp³-hybridized carbons (Fsp3) is 0.389. The van der Waals surface area contributed by atoms with Crippen molar-refractivity contribution in [2.75, 3.05) is 0 Å². The molecular weight excluding hydrogens is 320 g/mol. The van der Waals surface area contributed by atoms with Gasteiger partial charge in [0.05, 0.1) is 6.04 Å². The third kappa shape index (κ3) is 5.42. The van der Waals surface area contributed by atoms with E-state index in [0.29, 0.717) is 24.7 Å². The molecule has 0 saturated carbocycles. The Labute approximate surface area is 146 Å². The Morgan fingerprint density at radius 1 is 1.24 bits per heavy atom. The summed E-state index contributed by atoms with van der Waals surface area (Å²) in [6, 6.07) is 8.10. The second kappa shape index (κ2) is 8.43. The third-order valence-corrected chi connectivity index (χ3v) is 3.73. The minimum absolute atomic E-state index is 0.0773. The lowest BCUT2D eigenvalue weighted by atomic mass is 10.0. The highest BCUT2D eigenvalue weighted by atomic mass is 16.3. The van der Waals surface area contributed by atoms with Gasteiger partial charge in [-0.15, -0.1) is 0 Å². The molecule has 1 heterocycles. The van der Waals surface area contributed by atoms with Crippen molar-refractivity contribution >= 4 is 11.8 Å². The first-order valence-electron chi connectivity index (χ1n) is 8.22. The number of nitrogens with two attached hydrogens (primary N) is 2. The summed E-state index contributed by atoms with van der Waals surface area (Å²) in [7, 11) is 0. The van der Waals surface area contributed by atoms with Gasteiger partial charge in [0.25, 0.3) is 5.91 Å². The van der Waals surface area contributed by atoms with Crippen molar-refractivity contribution in [1.29, 1.82) is 0 Å². The molecule has 1 aromatic heterocycles. The molecule has 0 saturated heterocycles. The van der Waals surface area contributed by atoms with E-state index < -0.39 is 17.9 Å². The summed E-state index contributed by atoms with van der Waals surface area (Å²) >= 11 is 0. The van der Waals surface area contributed by atoms with Crippen LogP contribution in [0, 0.1) is 5.92 Å². The molecule has 7 nitrogen and oxygen atoms in total. The summed E-state index contributed by atoms with van der Waals surface area (Å²) in [5.41, 5.74) is 12.4. The van der Waals surface area contributed by atoms with Crippen molar-refractivity contribution in [1.82, 2.24) is 10.3 Å². The number of benzene rings is 1. The quantitative estimate of drug-likeness (QED) is 0.670. The van der Waals surface area contributed by atoms with E-state index in [1.54, 1.807) is 0 Å². The molecule has 0 bridgehead atoms. The Bertz CT molecular complexity index is 712. The molecule has 0 aliphatic carbocycles. The molecule has 0 radical (unpaired) electrons. The van der Waals surface area contributed by atoms with E-state index in [4.69, 9.17) is 15.9 Å². The van der Waals surface area contributed by atoms with Gasteiger partial charge < -0.3 is 21.2 Å². The van der Waals surface area contributed by atoms with Crippen LogP contribution in [0.1, 0.15) is 48.3 Å². The normalized spacial score (nSPS) is 13.4. The summed E-state index contributed by atoms with van der Waals surface area (Å²) in [5.74, 6) is -0.453. The fourth-order valence-electron chi connectivity index (χ4n) is 2.48. The second-order valence-corrected chi connectivity index (χ2v) is 6.43. The molecule has 0 aliphatic heterocycles. The van der Waals surface area contributed by atoms with Crippen LogP contribution in [0.15, 0.2) is 41.0 Å². The van der Waals surface area contributed by atoms with Crippen LogP contribution in [0.4, 0.5) is 0 Å². The minimum atomic E-state index is -0.834. The summed E-state index contributed by atoms with van der Waals surface area (Å²) in [5, 5.41) is 2.60. The Kier molecular flexibility index (Phi) is 6.30. The van der Waals surface area contributed by atoms with E-state index in [1.165, 1.54) is 6.26 Å². The van der Waals surface area contributed by atoms with Crippen LogP contribution in [-0.2, 0) is 11.2 Å². The number of carbonyl (C=O) groups excluding carboxylic acids is 2. The highest BCUT2D eigenvalue weighted by molar-refractivity contribution is 5.95. The van der Waals surface area contributed by atoms with Crippen molar-refractivity contribution < 1.29 is 14.0 Å². The second-order valence-electron chi connectivity index (χ2n) is 6.43. The van der Waals surface area contributed by atoms with Crippen LogP contribution in [0.2, 0.25) is 0 Å². The van der Waals surface area contributed by atoms with E-state index in [0.717, 1.165) is 5.56 Å². The van der Waals surface area contributed by atoms with Gasteiger partial charge in [0, 0.05) is 6.42 Å². The first-order valence-corrected chi connectivity index (χ1v) is 8.22. The number of amides is 2. The van der Waals surface area contributed by atoms with Crippen LogP contribution in [0.5, 0.6) is 0 Å². The summed E-state index contributed by atoms with van der Waals surface area (Å²) < 4.78 is 5.30.